The van der Waals surface area contributed by atoms with Gasteiger partial charge in [-0.1, -0.05) is 0 Å². The van der Waals surface area contributed by atoms with Gasteiger partial charge in [-0.25, -0.2) is 0 Å². The number of hydrogen-bond donors (Lipinski definition) is 0. The third kappa shape index (κ3) is 1.20. The molecule has 1 rings (SSSR count). The molecule has 0 bridgehead atoms. The molecule has 1 heterocycles. The summed E-state index contributed by atoms with van der Waals surface area (Å²) in [6.45, 7) is 6.31. The molecule has 0 aliphatic carbocycles. The van der Waals surface area contributed by atoms with E-state index in [-0.39, 0.29) is 0 Å². The molecule has 1 aliphatic heterocycles. The maximum Gasteiger partial charge on any atom is 0.0698 e. The topological polar surface area (TPSA) is 12.5 Å². The minimum Gasteiger partial charge on any atom is -0.299 e. The Balaban J connectivity index is 2.24. The summed E-state index contributed by atoms with van der Waals surface area (Å²) in [6, 6.07) is 0.553. The van der Waals surface area contributed by atoms with E-state index in [1.165, 1.54) is 6.42 Å². The second kappa shape index (κ2) is 2.46. The summed E-state index contributed by atoms with van der Waals surface area (Å²) in [5, 5.41) is 2.03. The van der Waals surface area contributed by atoms with Crippen molar-refractivity contribution >= 4 is 0 Å². The Morgan fingerprint density at radius 2 is 2.25 bits per heavy atom. The van der Waals surface area contributed by atoms with E-state index < -0.39 is 0 Å². The molecule has 0 radical (unpaired) electrons. The Kier molecular flexibility index (Phi) is 1.86. The van der Waals surface area contributed by atoms with Crippen LogP contribution in [-0.4, -0.2) is 24.3 Å². The highest BCUT2D eigenvalue weighted by molar-refractivity contribution is 4.56. The van der Waals surface area contributed by atoms with Gasteiger partial charge in [-0.3, -0.25) is 4.84 Å². The highest BCUT2D eigenvalue weighted by atomic mass is 16.7. The standard InChI is InChI=1S/C6H13NO/c1-6(2)7-4-3-5-8-7/h6H,3-5H2,1-2H3. The van der Waals surface area contributed by atoms with E-state index in [0.29, 0.717) is 6.04 Å². The predicted molar refractivity (Wildman–Crippen MR) is 32.4 cm³/mol. The zero-order chi connectivity index (χ0) is 5.98. The van der Waals surface area contributed by atoms with Gasteiger partial charge in [-0.05, 0) is 20.3 Å². The Bertz CT molecular complexity index is 66.9. The summed E-state index contributed by atoms with van der Waals surface area (Å²) < 4.78 is 0. The second-order valence-corrected chi connectivity index (χ2v) is 2.42. The number of hydroxylamine groups is 2. The fourth-order valence-electron chi connectivity index (χ4n) is 0.874. The summed E-state index contributed by atoms with van der Waals surface area (Å²) in [6.07, 6.45) is 1.19. The molecule has 1 saturated heterocycles. The van der Waals surface area contributed by atoms with Crippen molar-refractivity contribution < 1.29 is 4.84 Å². The first kappa shape index (κ1) is 6.05. The van der Waals surface area contributed by atoms with E-state index in [1.54, 1.807) is 0 Å². The smallest absolute Gasteiger partial charge is 0.0698 e. The van der Waals surface area contributed by atoms with E-state index in [9.17, 15) is 0 Å². The predicted octanol–water partition coefficient (Wildman–Crippen LogP) is 1.03. The van der Waals surface area contributed by atoms with Gasteiger partial charge < -0.3 is 0 Å². The van der Waals surface area contributed by atoms with Crippen LogP contribution in [-0.2, 0) is 4.84 Å². The first-order valence-corrected chi connectivity index (χ1v) is 3.20. The average molecular weight is 115 g/mol. The minimum absolute atomic E-state index is 0.553. The van der Waals surface area contributed by atoms with Crippen molar-refractivity contribution in [2.45, 2.75) is 26.3 Å². The molecule has 0 amide bonds. The van der Waals surface area contributed by atoms with Crippen molar-refractivity contribution in [3.8, 4) is 0 Å². The third-order valence-corrected chi connectivity index (χ3v) is 1.36. The Morgan fingerprint density at radius 3 is 2.50 bits per heavy atom. The lowest BCUT2D eigenvalue weighted by Crippen LogP contribution is -2.25. The molecule has 0 N–H and O–H groups in total. The molecule has 0 atom stereocenters. The van der Waals surface area contributed by atoms with Crippen LogP contribution in [0.25, 0.3) is 0 Å². The second-order valence-electron chi connectivity index (χ2n) is 2.42. The highest BCUT2D eigenvalue weighted by Crippen LogP contribution is 2.07. The Hall–Kier alpha value is -0.0800. The third-order valence-electron chi connectivity index (χ3n) is 1.36. The van der Waals surface area contributed by atoms with Gasteiger partial charge in [0.15, 0.2) is 0 Å². The summed E-state index contributed by atoms with van der Waals surface area (Å²) in [5.74, 6) is 0. The van der Waals surface area contributed by atoms with Crippen LogP contribution in [0, 0.1) is 0 Å². The zero-order valence-electron chi connectivity index (χ0n) is 5.55. The molecule has 48 valence electrons. The molecule has 1 aliphatic rings. The van der Waals surface area contributed by atoms with Crippen LogP contribution in [0.2, 0.25) is 0 Å². The van der Waals surface area contributed by atoms with Crippen molar-refractivity contribution in [2.24, 2.45) is 0 Å². The molecule has 2 heteroatoms. The van der Waals surface area contributed by atoms with Crippen LogP contribution < -0.4 is 0 Å². The SMILES string of the molecule is CC(C)N1CCCO1. The summed E-state index contributed by atoms with van der Waals surface area (Å²) in [7, 11) is 0. The van der Waals surface area contributed by atoms with Crippen molar-refractivity contribution in [2.75, 3.05) is 13.2 Å². The molecule has 0 spiro atoms. The van der Waals surface area contributed by atoms with Gasteiger partial charge in [0.1, 0.15) is 0 Å². The summed E-state index contributed by atoms with van der Waals surface area (Å²) in [4.78, 5) is 5.25. The summed E-state index contributed by atoms with van der Waals surface area (Å²) >= 11 is 0. The average Bonchev–Trinajstić information content (AvgIpc) is 2.12. The van der Waals surface area contributed by atoms with E-state index in [1.807, 2.05) is 5.06 Å². The molecular weight excluding hydrogens is 102 g/mol. The van der Waals surface area contributed by atoms with Crippen LogP contribution in [0.15, 0.2) is 0 Å². The van der Waals surface area contributed by atoms with Crippen molar-refractivity contribution in [1.29, 1.82) is 0 Å². The molecule has 2 nitrogen and oxygen atoms in total. The molecule has 0 aromatic heterocycles. The highest BCUT2D eigenvalue weighted by Gasteiger charge is 2.14. The van der Waals surface area contributed by atoms with E-state index in [2.05, 4.69) is 13.8 Å². The minimum atomic E-state index is 0.553. The normalized spacial score (nSPS) is 22.9. The summed E-state index contributed by atoms with van der Waals surface area (Å²) in [5.41, 5.74) is 0. The first-order chi connectivity index (χ1) is 3.80. The fraction of sp³-hybridized carbons (Fsp3) is 1.00. The van der Waals surface area contributed by atoms with Gasteiger partial charge in [0.25, 0.3) is 0 Å². The number of rotatable bonds is 1. The van der Waals surface area contributed by atoms with Crippen molar-refractivity contribution in [3.05, 3.63) is 0 Å². The fourth-order valence-corrected chi connectivity index (χ4v) is 0.874. The van der Waals surface area contributed by atoms with Gasteiger partial charge >= 0.3 is 0 Å². The zero-order valence-corrected chi connectivity index (χ0v) is 5.55. The van der Waals surface area contributed by atoms with Crippen LogP contribution in [0.4, 0.5) is 0 Å². The van der Waals surface area contributed by atoms with Gasteiger partial charge in [0.05, 0.1) is 6.61 Å². The molecule has 8 heavy (non-hydrogen) atoms. The Labute approximate surface area is 50.4 Å². The molecule has 0 aromatic carbocycles. The molecular formula is C6H13NO. The Morgan fingerprint density at radius 1 is 1.50 bits per heavy atom. The lowest BCUT2D eigenvalue weighted by molar-refractivity contribution is -0.132. The van der Waals surface area contributed by atoms with Crippen molar-refractivity contribution in [1.82, 2.24) is 5.06 Å². The molecule has 0 unspecified atom stereocenters. The number of nitrogens with zero attached hydrogens (tertiary/aromatic N) is 1. The van der Waals surface area contributed by atoms with Crippen LogP contribution in [0.1, 0.15) is 20.3 Å². The maximum absolute atomic E-state index is 5.25. The molecule has 0 aromatic rings. The van der Waals surface area contributed by atoms with Crippen molar-refractivity contribution in [3.63, 3.8) is 0 Å². The van der Waals surface area contributed by atoms with Crippen LogP contribution in [0.5, 0.6) is 0 Å². The van der Waals surface area contributed by atoms with E-state index >= 15 is 0 Å². The van der Waals surface area contributed by atoms with E-state index in [0.717, 1.165) is 13.2 Å². The monoisotopic (exact) mass is 115 g/mol. The molecule has 1 fully saturated rings. The van der Waals surface area contributed by atoms with E-state index in [4.69, 9.17) is 4.84 Å². The van der Waals surface area contributed by atoms with Gasteiger partial charge in [0, 0.05) is 12.6 Å². The van der Waals surface area contributed by atoms with Gasteiger partial charge in [0.2, 0.25) is 0 Å². The maximum atomic E-state index is 5.25. The van der Waals surface area contributed by atoms with Crippen LogP contribution in [0.3, 0.4) is 0 Å². The largest absolute Gasteiger partial charge is 0.299 e. The lowest BCUT2D eigenvalue weighted by atomic mass is 10.4. The lowest BCUT2D eigenvalue weighted by Gasteiger charge is -2.16. The quantitative estimate of drug-likeness (QED) is 0.506. The van der Waals surface area contributed by atoms with Gasteiger partial charge in [-0.15, -0.1) is 0 Å². The first-order valence-electron chi connectivity index (χ1n) is 3.20. The number of hydrogen-bond acceptors (Lipinski definition) is 2. The van der Waals surface area contributed by atoms with Crippen LogP contribution >= 0.6 is 0 Å². The molecule has 0 saturated carbocycles. The van der Waals surface area contributed by atoms with Gasteiger partial charge in [-0.2, -0.15) is 5.06 Å².